The van der Waals surface area contributed by atoms with Gasteiger partial charge in [0.05, 0.1) is 18.1 Å². The summed E-state index contributed by atoms with van der Waals surface area (Å²) in [5.74, 6) is 1.37. The van der Waals surface area contributed by atoms with Crippen molar-refractivity contribution in [3.8, 4) is 6.07 Å². The third-order valence-electron chi connectivity index (χ3n) is 4.36. The number of pyridine rings is 1. The van der Waals surface area contributed by atoms with Gasteiger partial charge in [0.25, 0.3) is 0 Å². The van der Waals surface area contributed by atoms with Crippen LogP contribution >= 0.6 is 0 Å². The lowest BCUT2D eigenvalue weighted by molar-refractivity contribution is -0.118. The Balaban J connectivity index is 1.65. The van der Waals surface area contributed by atoms with Crippen LogP contribution in [0.3, 0.4) is 0 Å². The van der Waals surface area contributed by atoms with Crippen LogP contribution in [0.1, 0.15) is 31.4 Å². The van der Waals surface area contributed by atoms with Gasteiger partial charge >= 0.3 is 0 Å². The fourth-order valence-electron chi connectivity index (χ4n) is 3.08. The highest BCUT2D eigenvalue weighted by molar-refractivity contribution is 5.92. The van der Waals surface area contributed by atoms with Crippen LogP contribution in [0, 0.1) is 11.3 Å². The second-order valence-corrected chi connectivity index (χ2v) is 6.10. The first-order chi connectivity index (χ1) is 12.8. The summed E-state index contributed by atoms with van der Waals surface area (Å²) in [6, 6.07) is 9.37. The van der Waals surface area contributed by atoms with Crippen molar-refractivity contribution in [1.82, 2.24) is 19.6 Å². The van der Waals surface area contributed by atoms with Crippen molar-refractivity contribution in [1.29, 1.82) is 5.26 Å². The Morgan fingerprint density at radius 2 is 2.12 bits per heavy atom. The minimum Gasteiger partial charge on any atom is -0.337 e. The van der Waals surface area contributed by atoms with Gasteiger partial charge in [0, 0.05) is 13.0 Å². The van der Waals surface area contributed by atoms with Crippen LogP contribution in [0.25, 0.3) is 5.65 Å². The summed E-state index contributed by atoms with van der Waals surface area (Å²) >= 11 is 0. The molecule has 0 spiro atoms. The van der Waals surface area contributed by atoms with Crippen molar-refractivity contribution in [3.05, 3.63) is 42.4 Å². The number of imidazole rings is 1. The summed E-state index contributed by atoms with van der Waals surface area (Å²) in [5, 5.41) is 16.5. The molecule has 4 heterocycles. The molecular formula is C18H17N7O. The van der Waals surface area contributed by atoms with E-state index in [1.165, 1.54) is 10.7 Å². The summed E-state index contributed by atoms with van der Waals surface area (Å²) in [7, 11) is 0. The lowest BCUT2D eigenvalue weighted by Crippen LogP contribution is -2.30. The number of fused-ring (bicyclic) bond motifs is 1. The quantitative estimate of drug-likeness (QED) is 0.782. The fraction of sp³-hybridized carbons (Fsp3) is 0.278. The first-order valence-corrected chi connectivity index (χ1v) is 8.53. The first-order valence-electron chi connectivity index (χ1n) is 8.53. The van der Waals surface area contributed by atoms with Gasteiger partial charge < -0.3 is 5.32 Å². The Kier molecular flexibility index (Phi) is 4.19. The minimum absolute atomic E-state index is 0.116. The molecule has 0 aromatic carbocycles. The minimum atomic E-state index is 0.116. The SMILES string of the molecule is N#Cc1cnc2c(Nc3cccc(N4CCCCCC4=O)n3)ccnn12. The van der Waals surface area contributed by atoms with Crippen LogP contribution in [-0.4, -0.2) is 32.0 Å². The summed E-state index contributed by atoms with van der Waals surface area (Å²) < 4.78 is 1.48. The molecule has 0 aliphatic carbocycles. The van der Waals surface area contributed by atoms with E-state index in [0.29, 0.717) is 41.6 Å². The summed E-state index contributed by atoms with van der Waals surface area (Å²) in [6.07, 6.45) is 6.63. The normalized spacial score (nSPS) is 14.9. The third-order valence-corrected chi connectivity index (χ3v) is 4.36. The first kappa shape index (κ1) is 16.0. The molecular weight excluding hydrogens is 330 g/mol. The second kappa shape index (κ2) is 6.80. The molecule has 4 rings (SSSR count). The van der Waals surface area contributed by atoms with Gasteiger partial charge in [-0.05, 0) is 31.0 Å². The molecule has 0 atom stereocenters. The van der Waals surface area contributed by atoms with Crippen LogP contribution in [0.2, 0.25) is 0 Å². The molecule has 8 heteroatoms. The average molecular weight is 347 g/mol. The second-order valence-electron chi connectivity index (χ2n) is 6.10. The van der Waals surface area contributed by atoms with Crippen LogP contribution in [0.5, 0.6) is 0 Å². The number of anilines is 3. The predicted molar refractivity (Wildman–Crippen MR) is 96.0 cm³/mol. The largest absolute Gasteiger partial charge is 0.337 e. The molecule has 1 amide bonds. The van der Waals surface area contributed by atoms with Gasteiger partial charge in [-0.15, -0.1) is 0 Å². The van der Waals surface area contributed by atoms with Crippen molar-refractivity contribution < 1.29 is 4.79 Å². The van der Waals surface area contributed by atoms with Crippen molar-refractivity contribution in [2.45, 2.75) is 25.7 Å². The predicted octanol–water partition coefficient (Wildman–Crippen LogP) is 2.65. The van der Waals surface area contributed by atoms with E-state index in [9.17, 15) is 4.79 Å². The molecule has 0 bridgehead atoms. The highest BCUT2D eigenvalue weighted by Crippen LogP contribution is 2.23. The van der Waals surface area contributed by atoms with Gasteiger partial charge in [-0.3, -0.25) is 9.69 Å². The molecule has 0 radical (unpaired) electrons. The molecule has 0 saturated carbocycles. The molecule has 3 aromatic heterocycles. The van der Waals surface area contributed by atoms with Crippen molar-refractivity contribution in [3.63, 3.8) is 0 Å². The average Bonchev–Trinajstić information content (AvgIpc) is 2.97. The topological polar surface area (TPSA) is 99.2 Å². The van der Waals surface area contributed by atoms with E-state index < -0.39 is 0 Å². The van der Waals surface area contributed by atoms with Gasteiger partial charge in [-0.1, -0.05) is 12.5 Å². The molecule has 130 valence electrons. The van der Waals surface area contributed by atoms with E-state index in [4.69, 9.17) is 5.26 Å². The molecule has 1 aliphatic heterocycles. The molecule has 3 aromatic rings. The number of aromatic nitrogens is 4. The number of carbonyl (C=O) groups is 1. The Morgan fingerprint density at radius 3 is 3.00 bits per heavy atom. The molecule has 26 heavy (non-hydrogen) atoms. The van der Waals surface area contributed by atoms with Crippen LogP contribution in [0.4, 0.5) is 17.3 Å². The Hall–Kier alpha value is -3.47. The molecule has 1 aliphatic rings. The number of nitrogens with one attached hydrogen (secondary N) is 1. The summed E-state index contributed by atoms with van der Waals surface area (Å²) in [6.45, 7) is 0.695. The number of carbonyl (C=O) groups excluding carboxylic acids is 1. The van der Waals surface area contributed by atoms with Crippen molar-refractivity contribution in [2.75, 3.05) is 16.8 Å². The Morgan fingerprint density at radius 1 is 1.19 bits per heavy atom. The molecule has 1 fully saturated rings. The molecule has 1 saturated heterocycles. The van der Waals surface area contributed by atoms with E-state index in [1.807, 2.05) is 18.2 Å². The van der Waals surface area contributed by atoms with Crippen LogP contribution in [-0.2, 0) is 4.79 Å². The van der Waals surface area contributed by atoms with Gasteiger partial charge in [0.2, 0.25) is 5.91 Å². The van der Waals surface area contributed by atoms with Gasteiger partial charge in [-0.2, -0.15) is 10.4 Å². The van der Waals surface area contributed by atoms with Crippen molar-refractivity contribution >= 4 is 28.9 Å². The monoisotopic (exact) mass is 347 g/mol. The molecule has 0 unspecified atom stereocenters. The molecule has 1 N–H and O–H groups in total. The number of hydrogen-bond acceptors (Lipinski definition) is 6. The number of rotatable bonds is 3. The Bertz CT molecular complexity index is 1000. The Labute approximate surface area is 150 Å². The maximum Gasteiger partial charge on any atom is 0.228 e. The van der Waals surface area contributed by atoms with E-state index in [2.05, 4.69) is 26.5 Å². The van der Waals surface area contributed by atoms with Crippen LogP contribution < -0.4 is 10.2 Å². The van der Waals surface area contributed by atoms with E-state index in [1.54, 1.807) is 17.2 Å². The van der Waals surface area contributed by atoms with E-state index in [-0.39, 0.29) is 5.91 Å². The zero-order chi connectivity index (χ0) is 17.9. The van der Waals surface area contributed by atoms with Crippen molar-refractivity contribution in [2.24, 2.45) is 0 Å². The molecule has 8 nitrogen and oxygen atoms in total. The van der Waals surface area contributed by atoms with Gasteiger partial charge in [0.15, 0.2) is 11.3 Å². The zero-order valence-corrected chi connectivity index (χ0v) is 14.1. The van der Waals surface area contributed by atoms with Crippen LogP contribution in [0.15, 0.2) is 36.7 Å². The third kappa shape index (κ3) is 2.95. The lowest BCUT2D eigenvalue weighted by atomic mass is 10.2. The fourth-order valence-corrected chi connectivity index (χ4v) is 3.08. The highest BCUT2D eigenvalue weighted by Gasteiger charge is 2.19. The highest BCUT2D eigenvalue weighted by atomic mass is 16.2. The summed E-state index contributed by atoms with van der Waals surface area (Å²) in [4.78, 5) is 22.9. The smallest absolute Gasteiger partial charge is 0.228 e. The lowest BCUT2D eigenvalue weighted by Gasteiger charge is -2.20. The number of nitriles is 1. The number of hydrogen-bond donors (Lipinski definition) is 1. The maximum absolute atomic E-state index is 12.3. The maximum atomic E-state index is 12.3. The number of nitrogens with zero attached hydrogens (tertiary/aromatic N) is 6. The standard InChI is InChI=1S/C18H17N7O/c19-11-13-12-20-18-14(8-9-21-25(13)18)22-15-5-4-6-16(23-15)24-10-3-1-2-7-17(24)26/h4-6,8-9,12H,1-3,7,10H2,(H,22,23). The van der Waals surface area contributed by atoms with Gasteiger partial charge in [-0.25, -0.2) is 14.5 Å². The summed E-state index contributed by atoms with van der Waals surface area (Å²) in [5.41, 5.74) is 1.59. The van der Waals surface area contributed by atoms with E-state index >= 15 is 0 Å². The zero-order valence-electron chi connectivity index (χ0n) is 14.1. The van der Waals surface area contributed by atoms with Gasteiger partial charge in [0.1, 0.15) is 17.7 Å². The number of amides is 1. The van der Waals surface area contributed by atoms with E-state index in [0.717, 1.165) is 19.3 Å².